The number of aliphatic hydroxyl groups is 1. The minimum Gasteiger partial charge on any atom is -0.386 e. The van der Waals surface area contributed by atoms with Gasteiger partial charge in [0.1, 0.15) is 0 Å². The summed E-state index contributed by atoms with van der Waals surface area (Å²) in [6.45, 7) is 5.12. The molecule has 0 aromatic heterocycles. The van der Waals surface area contributed by atoms with Gasteiger partial charge in [-0.15, -0.1) is 0 Å². The van der Waals surface area contributed by atoms with Crippen molar-refractivity contribution in [1.82, 2.24) is 10.6 Å². The van der Waals surface area contributed by atoms with E-state index in [0.717, 1.165) is 18.5 Å². The van der Waals surface area contributed by atoms with Gasteiger partial charge in [0.2, 0.25) is 0 Å². The Balaban J connectivity index is 2.00. The van der Waals surface area contributed by atoms with Crippen molar-refractivity contribution in [2.75, 3.05) is 6.54 Å². The van der Waals surface area contributed by atoms with E-state index in [1.165, 1.54) is 57.8 Å². The number of hydrogen-bond donors (Lipinski definition) is 3. The Morgan fingerprint density at radius 1 is 0.923 bits per heavy atom. The highest BCUT2D eigenvalue weighted by Crippen LogP contribution is 2.15. The lowest BCUT2D eigenvalue weighted by Gasteiger charge is -2.22. The fraction of sp³-hybridized carbons (Fsp3) is 0.682. The van der Waals surface area contributed by atoms with Crippen LogP contribution in [-0.2, 0) is 0 Å². The molecule has 26 heavy (non-hydrogen) atoms. The summed E-state index contributed by atoms with van der Waals surface area (Å²) in [5.74, 6) is 0. The lowest BCUT2D eigenvalue weighted by Crippen LogP contribution is -2.43. The minimum atomic E-state index is -0.562. The summed E-state index contributed by atoms with van der Waals surface area (Å²) in [7, 11) is 0. The van der Waals surface area contributed by atoms with Crippen LogP contribution in [0.1, 0.15) is 89.7 Å². The number of unbranched alkanes of at least 4 members (excludes halogenated alkanes) is 9. The highest BCUT2D eigenvalue weighted by molar-refractivity contribution is 7.80. The summed E-state index contributed by atoms with van der Waals surface area (Å²) < 4.78 is 0. The molecule has 1 rings (SSSR count). The Hall–Kier alpha value is -1.13. The molecule has 1 aromatic rings. The standard InChI is InChI=1S/C22H38N2OS/c1-3-4-5-6-7-8-9-10-11-15-18-23-22(26)24-19(2)21(25)20-16-13-12-14-17-20/h12-14,16-17,19,21,25H,3-11,15,18H2,1-2H3,(H2,23,24,26). The van der Waals surface area contributed by atoms with Gasteiger partial charge in [0.15, 0.2) is 5.11 Å². The quantitative estimate of drug-likeness (QED) is 0.296. The van der Waals surface area contributed by atoms with Crippen LogP contribution in [0.4, 0.5) is 0 Å². The van der Waals surface area contributed by atoms with Gasteiger partial charge in [-0.1, -0.05) is 95.0 Å². The number of hydrogen-bond acceptors (Lipinski definition) is 2. The molecule has 4 heteroatoms. The first-order chi connectivity index (χ1) is 12.6. The lowest BCUT2D eigenvalue weighted by atomic mass is 10.0. The number of benzene rings is 1. The molecular formula is C22H38N2OS. The van der Waals surface area contributed by atoms with Crippen molar-refractivity contribution in [3.8, 4) is 0 Å². The van der Waals surface area contributed by atoms with Crippen LogP contribution in [0.5, 0.6) is 0 Å². The van der Waals surface area contributed by atoms with Gasteiger partial charge >= 0.3 is 0 Å². The van der Waals surface area contributed by atoms with Crippen LogP contribution in [0.25, 0.3) is 0 Å². The topological polar surface area (TPSA) is 44.3 Å². The Morgan fingerprint density at radius 3 is 2.04 bits per heavy atom. The van der Waals surface area contributed by atoms with Crippen LogP contribution in [0.2, 0.25) is 0 Å². The zero-order valence-corrected chi connectivity index (χ0v) is 17.5. The Kier molecular flexibility index (Phi) is 13.2. The normalized spacial score (nSPS) is 13.2. The molecule has 3 N–H and O–H groups in total. The first kappa shape index (κ1) is 22.9. The van der Waals surface area contributed by atoms with Crippen LogP contribution in [-0.4, -0.2) is 22.8 Å². The highest BCUT2D eigenvalue weighted by Gasteiger charge is 2.16. The van der Waals surface area contributed by atoms with E-state index in [-0.39, 0.29) is 6.04 Å². The smallest absolute Gasteiger partial charge is 0.166 e. The van der Waals surface area contributed by atoms with Gasteiger partial charge in [-0.05, 0) is 31.1 Å². The maximum atomic E-state index is 10.3. The van der Waals surface area contributed by atoms with Crippen LogP contribution in [0.3, 0.4) is 0 Å². The Bertz CT molecular complexity index is 466. The molecule has 0 aliphatic carbocycles. The monoisotopic (exact) mass is 378 g/mol. The molecule has 0 radical (unpaired) electrons. The number of nitrogens with one attached hydrogen (secondary N) is 2. The van der Waals surface area contributed by atoms with E-state index >= 15 is 0 Å². The second-order valence-corrected chi connectivity index (χ2v) is 7.63. The molecule has 0 aliphatic heterocycles. The fourth-order valence-corrected chi connectivity index (χ4v) is 3.38. The third-order valence-corrected chi connectivity index (χ3v) is 5.05. The molecule has 0 aliphatic rings. The predicted octanol–water partition coefficient (Wildman–Crippen LogP) is 5.49. The van der Waals surface area contributed by atoms with E-state index in [0.29, 0.717) is 5.11 Å². The van der Waals surface area contributed by atoms with Crippen molar-refractivity contribution in [3.63, 3.8) is 0 Å². The summed E-state index contributed by atoms with van der Waals surface area (Å²) in [4.78, 5) is 0. The van der Waals surface area contributed by atoms with E-state index in [1.807, 2.05) is 37.3 Å². The van der Waals surface area contributed by atoms with Crippen LogP contribution in [0, 0.1) is 0 Å². The fourth-order valence-electron chi connectivity index (χ4n) is 3.09. The second kappa shape index (κ2) is 15.0. The van der Waals surface area contributed by atoms with Crippen molar-refractivity contribution in [2.24, 2.45) is 0 Å². The first-order valence-corrected chi connectivity index (χ1v) is 10.8. The molecule has 0 fully saturated rings. The van der Waals surface area contributed by atoms with E-state index in [4.69, 9.17) is 12.2 Å². The lowest BCUT2D eigenvalue weighted by molar-refractivity contribution is 0.145. The van der Waals surface area contributed by atoms with Crippen LogP contribution < -0.4 is 10.6 Å². The summed E-state index contributed by atoms with van der Waals surface area (Å²) in [6, 6.07) is 9.57. The average Bonchev–Trinajstić information content (AvgIpc) is 2.66. The number of thiocarbonyl (C=S) groups is 1. The Morgan fingerprint density at radius 2 is 1.46 bits per heavy atom. The van der Waals surface area contributed by atoms with Gasteiger partial charge in [0, 0.05) is 6.54 Å². The maximum absolute atomic E-state index is 10.3. The van der Waals surface area contributed by atoms with E-state index in [9.17, 15) is 5.11 Å². The van der Waals surface area contributed by atoms with E-state index in [2.05, 4.69) is 17.6 Å². The predicted molar refractivity (Wildman–Crippen MR) is 116 cm³/mol. The molecule has 0 heterocycles. The summed E-state index contributed by atoms with van der Waals surface area (Å²) in [5.41, 5.74) is 0.907. The van der Waals surface area contributed by atoms with Gasteiger partial charge in [-0.3, -0.25) is 0 Å². The third-order valence-electron chi connectivity index (χ3n) is 4.79. The molecule has 0 saturated carbocycles. The third kappa shape index (κ3) is 10.8. The van der Waals surface area contributed by atoms with Gasteiger partial charge < -0.3 is 15.7 Å². The van der Waals surface area contributed by atoms with Gasteiger partial charge in [-0.2, -0.15) is 0 Å². The van der Waals surface area contributed by atoms with Crippen LogP contribution >= 0.6 is 12.2 Å². The molecule has 0 spiro atoms. The van der Waals surface area contributed by atoms with Crippen molar-refractivity contribution in [2.45, 2.75) is 90.2 Å². The van der Waals surface area contributed by atoms with Crippen molar-refractivity contribution < 1.29 is 5.11 Å². The van der Waals surface area contributed by atoms with Crippen molar-refractivity contribution in [3.05, 3.63) is 35.9 Å². The average molecular weight is 379 g/mol. The van der Waals surface area contributed by atoms with Crippen molar-refractivity contribution in [1.29, 1.82) is 0 Å². The molecule has 0 bridgehead atoms. The molecule has 0 amide bonds. The summed E-state index contributed by atoms with van der Waals surface area (Å²) in [6.07, 6.45) is 12.8. The maximum Gasteiger partial charge on any atom is 0.166 e. The van der Waals surface area contributed by atoms with Gasteiger partial charge in [-0.25, -0.2) is 0 Å². The largest absolute Gasteiger partial charge is 0.386 e. The first-order valence-electron chi connectivity index (χ1n) is 10.4. The van der Waals surface area contributed by atoms with Gasteiger partial charge in [0.25, 0.3) is 0 Å². The van der Waals surface area contributed by atoms with Gasteiger partial charge in [0.05, 0.1) is 12.1 Å². The minimum absolute atomic E-state index is 0.120. The molecule has 3 nitrogen and oxygen atoms in total. The highest BCUT2D eigenvalue weighted by atomic mass is 32.1. The van der Waals surface area contributed by atoms with E-state index in [1.54, 1.807) is 0 Å². The van der Waals surface area contributed by atoms with Crippen molar-refractivity contribution >= 4 is 17.3 Å². The number of rotatable bonds is 14. The molecule has 2 unspecified atom stereocenters. The Labute approximate surface area is 166 Å². The molecule has 0 saturated heterocycles. The van der Waals surface area contributed by atoms with E-state index < -0.39 is 6.10 Å². The zero-order chi connectivity index (χ0) is 19.0. The summed E-state index contributed by atoms with van der Waals surface area (Å²) in [5, 5.41) is 17.4. The molecule has 148 valence electrons. The van der Waals surface area contributed by atoms with Crippen LogP contribution in [0.15, 0.2) is 30.3 Å². The number of aliphatic hydroxyl groups excluding tert-OH is 1. The molecule has 2 atom stereocenters. The second-order valence-electron chi connectivity index (χ2n) is 7.23. The SMILES string of the molecule is CCCCCCCCCCCCNC(=S)NC(C)C(O)c1ccccc1. The molecular weight excluding hydrogens is 340 g/mol. The molecule has 1 aromatic carbocycles. The summed E-state index contributed by atoms with van der Waals surface area (Å²) >= 11 is 5.34. The zero-order valence-electron chi connectivity index (χ0n) is 16.7.